The first-order valence-corrected chi connectivity index (χ1v) is 7.53. The summed E-state index contributed by atoms with van der Waals surface area (Å²) < 4.78 is 0. The van der Waals surface area contributed by atoms with Crippen LogP contribution in [0.1, 0.15) is 38.2 Å². The molecule has 1 aliphatic carbocycles. The normalized spacial score (nSPS) is 23.3. The van der Waals surface area contributed by atoms with E-state index >= 15 is 0 Å². The summed E-state index contributed by atoms with van der Waals surface area (Å²) in [5, 5.41) is 20.7. The fraction of sp³-hybridized carbons (Fsp3) is 0.571. The summed E-state index contributed by atoms with van der Waals surface area (Å²) in [6, 6.07) is 4.77. The Hall–Kier alpha value is -1.07. The number of non-ortho nitro benzene ring substituents is 1. The highest BCUT2D eigenvalue weighted by Crippen LogP contribution is 2.38. The second-order valence-electron chi connectivity index (χ2n) is 5.22. The molecule has 1 aliphatic rings. The molecule has 1 N–H and O–H groups in total. The van der Waals surface area contributed by atoms with Crippen LogP contribution in [0, 0.1) is 16.0 Å². The molecule has 1 saturated carbocycles. The number of thioether (sulfide) groups is 1. The van der Waals surface area contributed by atoms with Gasteiger partial charge in [0.05, 0.1) is 11.5 Å². The van der Waals surface area contributed by atoms with Crippen molar-refractivity contribution in [3.63, 3.8) is 0 Å². The van der Waals surface area contributed by atoms with Gasteiger partial charge in [0.1, 0.15) is 0 Å². The Kier molecular flexibility index (Phi) is 4.82. The second kappa shape index (κ2) is 6.39. The third kappa shape index (κ3) is 3.70. The molecule has 19 heavy (non-hydrogen) atoms. The number of nitrogens with zero attached hydrogens (tertiary/aromatic N) is 1. The monoisotopic (exact) mass is 281 g/mol. The van der Waals surface area contributed by atoms with Gasteiger partial charge < -0.3 is 5.11 Å². The smallest absolute Gasteiger partial charge is 0.269 e. The Labute approximate surface area is 117 Å². The minimum atomic E-state index is -0.420. The molecule has 0 aromatic heterocycles. The second-order valence-corrected chi connectivity index (χ2v) is 6.56. The van der Waals surface area contributed by atoms with Gasteiger partial charge in [-0.1, -0.05) is 19.8 Å². The Morgan fingerprint density at radius 1 is 1.47 bits per heavy atom. The van der Waals surface area contributed by atoms with Crippen molar-refractivity contribution in [2.24, 2.45) is 5.92 Å². The molecule has 1 fully saturated rings. The molecule has 0 bridgehead atoms. The maximum Gasteiger partial charge on any atom is 0.269 e. The lowest BCUT2D eigenvalue weighted by Crippen LogP contribution is -2.15. The summed E-state index contributed by atoms with van der Waals surface area (Å²) in [5.74, 6) is 0.752. The van der Waals surface area contributed by atoms with Crippen LogP contribution >= 0.6 is 11.8 Å². The predicted octanol–water partition coefficient (Wildman–Crippen LogP) is 3.76. The van der Waals surface area contributed by atoms with Crippen molar-refractivity contribution in [3.05, 3.63) is 33.9 Å². The van der Waals surface area contributed by atoms with Crippen molar-refractivity contribution in [1.29, 1.82) is 0 Å². The summed E-state index contributed by atoms with van der Waals surface area (Å²) in [6.07, 6.45) is 4.92. The Morgan fingerprint density at radius 3 is 2.89 bits per heavy atom. The third-order valence-electron chi connectivity index (χ3n) is 3.61. The van der Waals surface area contributed by atoms with Crippen LogP contribution in [0.5, 0.6) is 0 Å². The average molecular weight is 281 g/mol. The van der Waals surface area contributed by atoms with Crippen molar-refractivity contribution in [3.8, 4) is 0 Å². The van der Waals surface area contributed by atoms with Crippen molar-refractivity contribution < 1.29 is 10.0 Å². The van der Waals surface area contributed by atoms with Gasteiger partial charge in [0, 0.05) is 22.3 Å². The van der Waals surface area contributed by atoms with E-state index in [1.807, 2.05) is 0 Å². The molecule has 1 aromatic rings. The van der Waals surface area contributed by atoms with Gasteiger partial charge in [-0.2, -0.15) is 0 Å². The maximum absolute atomic E-state index is 10.7. The number of nitro groups is 1. The van der Waals surface area contributed by atoms with E-state index in [1.54, 1.807) is 17.8 Å². The Balaban J connectivity index is 2.13. The zero-order valence-corrected chi connectivity index (χ0v) is 11.9. The quantitative estimate of drug-likeness (QED) is 0.674. The molecule has 0 amide bonds. The molecule has 0 aliphatic heterocycles. The van der Waals surface area contributed by atoms with Crippen LogP contribution in [-0.2, 0) is 6.61 Å². The van der Waals surface area contributed by atoms with Crippen LogP contribution in [0.3, 0.4) is 0 Å². The van der Waals surface area contributed by atoms with E-state index in [1.165, 1.54) is 37.8 Å². The van der Waals surface area contributed by atoms with Gasteiger partial charge in [-0.3, -0.25) is 10.1 Å². The molecule has 104 valence electrons. The summed E-state index contributed by atoms with van der Waals surface area (Å²) in [5.41, 5.74) is 0.711. The van der Waals surface area contributed by atoms with Crippen LogP contribution in [-0.4, -0.2) is 15.3 Å². The van der Waals surface area contributed by atoms with Crippen molar-refractivity contribution >= 4 is 17.4 Å². The van der Waals surface area contributed by atoms with Crippen molar-refractivity contribution in [1.82, 2.24) is 0 Å². The lowest BCUT2D eigenvalue weighted by atomic mass is 9.91. The average Bonchev–Trinajstić information content (AvgIpc) is 2.39. The van der Waals surface area contributed by atoms with Gasteiger partial charge in [-0.15, -0.1) is 11.8 Å². The zero-order valence-electron chi connectivity index (χ0n) is 11.0. The highest BCUT2D eigenvalue weighted by atomic mass is 32.2. The van der Waals surface area contributed by atoms with Crippen LogP contribution < -0.4 is 0 Å². The maximum atomic E-state index is 10.7. The van der Waals surface area contributed by atoms with E-state index in [-0.39, 0.29) is 12.3 Å². The lowest BCUT2D eigenvalue weighted by Gasteiger charge is -2.26. The van der Waals surface area contributed by atoms with E-state index in [4.69, 9.17) is 0 Å². The predicted molar refractivity (Wildman–Crippen MR) is 76.3 cm³/mol. The molecule has 4 nitrogen and oxygen atoms in total. The van der Waals surface area contributed by atoms with Crippen LogP contribution in [0.25, 0.3) is 0 Å². The lowest BCUT2D eigenvalue weighted by molar-refractivity contribution is -0.385. The molecule has 2 rings (SSSR count). The van der Waals surface area contributed by atoms with Crippen molar-refractivity contribution in [2.75, 3.05) is 0 Å². The molecule has 0 spiro atoms. The molecule has 0 saturated heterocycles. The van der Waals surface area contributed by atoms with Gasteiger partial charge in [-0.25, -0.2) is 0 Å². The minimum absolute atomic E-state index is 0.0467. The molecule has 1 aromatic carbocycles. The molecular formula is C14H19NO3S. The van der Waals surface area contributed by atoms with Crippen LogP contribution in [0.15, 0.2) is 23.1 Å². The Morgan fingerprint density at radius 2 is 2.26 bits per heavy atom. The molecule has 2 unspecified atom stereocenters. The number of benzene rings is 1. The summed E-state index contributed by atoms with van der Waals surface area (Å²) in [6.45, 7) is 2.13. The van der Waals surface area contributed by atoms with Crippen LogP contribution in [0.2, 0.25) is 0 Å². The van der Waals surface area contributed by atoms with E-state index in [0.29, 0.717) is 10.8 Å². The topological polar surface area (TPSA) is 63.4 Å². The van der Waals surface area contributed by atoms with Crippen LogP contribution in [0.4, 0.5) is 5.69 Å². The van der Waals surface area contributed by atoms with E-state index < -0.39 is 4.92 Å². The Bertz CT molecular complexity index is 464. The number of rotatable bonds is 4. The molecule has 0 radical (unpaired) electrons. The summed E-state index contributed by atoms with van der Waals surface area (Å²) >= 11 is 1.76. The first-order chi connectivity index (χ1) is 9.10. The summed E-state index contributed by atoms with van der Waals surface area (Å²) in [7, 11) is 0. The number of aliphatic hydroxyl groups excluding tert-OH is 1. The van der Waals surface area contributed by atoms with Gasteiger partial charge in [-0.05, 0) is 30.4 Å². The molecule has 2 atom stereocenters. The van der Waals surface area contributed by atoms with Gasteiger partial charge in [0.2, 0.25) is 0 Å². The fourth-order valence-electron chi connectivity index (χ4n) is 2.58. The number of hydrogen-bond donors (Lipinski definition) is 1. The molecule has 0 heterocycles. The third-order valence-corrected chi connectivity index (χ3v) is 5.02. The first-order valence-electron chi connectivity index (χ1n) is 6.65. The fourth-order valence-corrected chi connectivity index (χ4v) is 4.07. The van der Waals surface area contributed by atoms with Gasteiger partial charge in [0.15, 0.2) is 0 Å². The van der Waals surface area contributed by atoms with Gasteiger partial charge in [0.25, 0.3) is 5.69 Å². The standard InChI is InChI=1S/C14H19NO3S/c1-10-3-2-4-13(7-10)19-14-6-5-12(15(17)18)8-11(14)9-16/h5-6,8,10,13,16H,2-4,7,9H2,1H3. The van der Waals surface area contributed by atoms with Crippen molar-refractivity contribution in [2.45, 2.75) is 49.4 Å². The highest BCUT2D eigenvalue weighted by molar-refractivity contribution is 8.00. The van der Waals surface area contributed by atoms with E-state index in [9.17, 15) is 15.2 Å². The van der Waals surface area contributed by atoms with E-state index in [0.717, 1.165) is 10.8 Å². The first kappa shape index (κ1) is 14.3. The number of aliphatic hydroxyl groups is 1. The number of nitro benzene ring substituents is 1. The molecule has 5 heteroatoms. The SMILES string of the molecule is CC1CCCC(Sc2ccc([N+](=O)[O-])cc2CO)C1. The largest absolute Gasteiger partial charge is 0.392 e. The zero-order chi connectivity index (χ0) is 13.8. The summed E-state index contributed by atoms with van der Waals surface area (Å²) in [4.78, 5) is 11.3. The molecular weight excluding hydrogens is 262 g/mol. The van der Waals surface area contributed by atoms with E-state index in [2.05, 4.69) is 6.92 Å². The minimum Gasteiger partial charge on any atom is -0.392 e. The van der Waals surface area contributed by atoms with Gasteiger partial charge >= 0.3 is 0 Å². The number of hydrogen-bond acceptors (Lipinski definition) is 4. The highest BCUT2D eigenvalue weighted by Gasteiger charge is 2.21.